The lowest BCUT2D eigenvalue weighted by Crippen LogP contribution is -1.90. The fraction of sp³-hybridized carbons (Fsp3) is 0.0588. The Morgan fingerprint density at radius 2 is 1.95 bits per heavy atom. The Labute approximate surface area is 126 Å². The first-order valence-corrected chi connectivity index (χ1v) is 7.59. The first-order valence-electron chi connectivity index (χ1n) is 6.77. The van der Waals surface area contributed by atoms with Gasteiger partial charge in [0.25, 0.3) is 0 Å². The highest BCUT2D eigenvalue weighted by Gasteiger charge is 2.06. The first kappa shape index (κ1) is 12.3. The van der Waals surface area contributed by atoms with Gasteiger partial charge in [-0.05, 0) is 30.7 Å². The fourth-order valence-electron chi connectivity index (χ4n) is 2.40. The monoisotopic (exact) mass is 291 g/mol. The van der Waals surface area contributed by atoms with Crippen LogP contribution in [0, 0.1) is 6.92 Å². The van der Waals surface area contributed by atoms with Crippen LogP contribution in [0.4, 0.5) is 10.8 Å². The van der Waals surface area contributed by atoms with Crippen molar-refractivity contribution < 1.29 is 0 Å². The molecular weight excluding hydrogens is 278 g/mol. The van der Waals surface area contributed by atoms with Gasteiger partial charge in [0.1, 0.15) is 0 Å². The molecular formula is C17H13N3S. The number of benzene rings is 2. The van der Waals surface area contributed by atoms with Gasteiger partial charge in [-0.2, -0.15) is 0 Å². The molecule has 2 heterocycles. The van der Waals surface area contributed by atoms with Gasteiger partial charge in [-0.3, -0.25) is 4.98 Å². The summed E-state index contributed by atoms with van der Waals surface area (Å²) < 4.78 is 1.20. The molecule has 0 bridgehead atoms. The molecule has 2 aromatic heterocycles. The first-order chi connectivity index (χ1) is 10.3. The van der Waals surface area contributed by atoms with Crippen molar-refractivity contribution >= 4 is 43.3 Å². The number of aryl methyl sites for hydroxylation is 1. The third-order valence-electron chi connectivity index (χ3n) is 3.46. The van der Waals surface area contributed by atoms with E-state index in [-0.39, 0.29) is 0 Å². The Morgan fingerprint density at radius 3 is 2.86 bits per heavy atom. The van der Waals surface area contributed by atoms with Crippen molar-refractivity contribution in [2.24, 2.45) is 0 Å². The van der Waals surface area contributed by atoms with E-state index >= 15 is 0 Å². The number of hydrogen-bond donors (Lipinski definition) is 1. The summed E-state index contributed by atoms with van der Waals surface area (Å²) >= 11 is 1.66. The lowest BCUT2D eigenvalue weighted by molar-refractivity contribution is 1.37. The third kappa shape index (κ3) is 2.23. The van der Waals surface area contributed by atoms with Crippen LogP contribution in [0.1, 0.15) is 5.56 Å². The average molecular weight is 291 g/mol. The van der Waals surface area contributed by atoms with Crippen LogP contribution in [0.25, 0.3) is 21.1 Å². The number of fused-ring (bicyclic) bond motifs is 2. The molecule has 0 fully saturated rings. The molecule has 3 nitrogen and oxygen atoms in total. The normalized spacial score (nSPS) is 11.1. The maximum Gasteiger partial charge on any atom is 0.188 e. The molecule has 0 aliphatic carbocycles. The van der Waals surface area contributed by atoms with Gasteiger partial charge in [0.15, 0.2) is 5.13 Å². The number of aromatic nitrogens is 2. The second-order valence-corrected chi connectivity index (χ2v) is 6.01. The standard InChI is InChI=1S/C17H13N3S/c1-11-5-4-8-15-16(11)20-17(21-15)19-13-9-12-6-2-3-7-14(12)18-10-13/h2-10H,1H3,(H,19,20). The number of thiazole rings is 1. The zero-order valence-corrected chi connectivity index (χ0v) is 12.3. The van der Waals surface area contributed by atoms with Crippen molar-refractivity contribution in [3.63, 3.8) is 0 Å². The van der Waals surface area contributed by atoms with Gasteiger partial charge in [-0.25, -0.2) is 4.98 Å². The van der Waals surface area contributed by atoms with Gasteiger partial charge >= 0.3 is 0 Å². The third-order valence-corrected chi connectivity index (χ3v) is 4.40. The molecule has 0 amide bonds. The number of para-hydroxylation sites is 2. The van der Waals surface area contributed by atoms with Crippen molar-refractivity contribution in [1.82, 2.24) is 9.97 Å². The lowest BCUT2D eigenvalue weighted by atomic mass is 10.2. The summed E-state index contributed by atoms with van der Waals surface area (Å²) in [4.78, 5) is 9.13. The van der Waals surface area contributed by atoms with E-state index in [9.17, 15) is 0 Å². The predicted octanol–water partition coefficient (Wildman–Crippen LogP) is 4.90. The summed E-state index contributed by atoms with van der Waals surface area (Å²) in [5, 5.41) is 5.38. The van der Waals surface area contributed by atoms with Crippen LogP contribution in [0.5, 0.6) is 0 Å². The van der Waals surface area contributed by atoms with E-state index in [0.717, 1.165) is 27.2 Å². The number of hydrogen-bond acceptors (Lipinski definition) is 4. The minimum Gasteiger partial charge on any atom is -0.330 e. The summed E-state index contributed by atoms with van der Waals surface area (Å²) in [6, 6.07) is 16.5. The van der Waals surface area contributed by atoms with Crippen molar-refractivity contribution in [2.75, 3.05) is 5.32 Å². The van der Waals surface area contributed by atoms with E-state index in [0.29, 0.717) is 0 Å². The minimum atomic E-state index is 0.899. The Hall–Kier alpha value is -2.46. The minimum absolute atomic E-state index is 0.899. The van der Waals surface area contributed by atoms with E-state index in [1.54, 1.807) is 11.3 Å². The van der Waals surface area contributed by atoms with Gasteiger partial charge in [-0.15, -0.1) is 0 Å². The van der Waals surface area contributed by atoms with Crippen LogP contribution >= 0.6 is 11.3 Å². The quantitative estimate of drug-likeness (QED) is 0.571. The van der Waals surface area contributed by atoms with Crippen LogP contribution in [0.3, 0.4) is 0 Å². The molecule has 0 unspecified atom stereocenters. The molecule has 0 saturated carbocycles. The zero-order chi connectivity index (χ0) is 14.2. The van der Waals surface area contributed by atoms with Gasteiger partial charge in [0.2, 0.25) is 0 Å². The van der Waals surface area contributed by atoms with Gasteiger partial charge < -0.3 is 5.32 Å². The van der Waals surface area contributed by atoms with Crippen molar-refractivity contribution in [3.05, 3.63) is 60.3 Å². The molecule has 0 radical (unpaired) electrons. The molecule has 1 N–H and O–H groups in total. The molecule has 4 aromatic rings. The van der Waals surface area contributed by atoms with Crippen LogP contribution in [-0.2, 0) is 0 Å². The number of nitrogens with one attached hydrogen (secondary N) is 1. The largest absolute Gasteiger partial charge is 0.330 e. The van der Waals surface area contributed by atoms with Gasteiger partial charge in [-0.1, -0.05) is 41.7 Å². The Bertz CT molecular complexity index is 943. The number of rotatable bonds is 2. The van der Waals surface area contributed by atoms with Crippen LogP contribution in [0.2, 0.25) is 0 Å². The SMILES string of the molecule is Cc1cccc2sc(Nc3cnc4ccccc4c3)nc12. The molecule has 0 aliphatic heterocycles. The van der Waals surface area contributed by atoms with E-state index < -0.39 is 0 Å². The molecule has 0 spiro atoms. The summed E-state index contributed by atoms with van der Waals surface area (Å²) in [7, 11) is 0. The van der Waals surface area contributed by atoms with Gasteiger partial charge in [0, 0.05) is 5.39 Å². The molecule has 0 aliphatic rings. The highest BCUT2D eigenvalue weighted by Crippen LogP contribution is 2.30. The molecule has 0 atom stereocenters. The number of pyridine rings is 1. The van der Waals surface area contributed by atoms with E-state index in [1.165, 1.54) is 10.3 Å². The Morgan fingerprint density at radius 1 is 1.05 bits per heavy atom. The van der Waals surface area contributed by atoms with Crippen LogP contribution < -0.4 is 5.32 Å². The summed E-state index contributed by atoms with van der Waals surface area (Å²) in [6.07, 6.45) is 1.85. The maximum atomic E-state index is 4.67. The van der Waals surface area contributed by atoms with Crippen molar-refractivity contribution in [2.45, 2.75) is 6.92 Å². The lowest BCUT2D eigenvalue weighted by Gasteiger charge is -2.03. The average Bonchev–Trinajstić information content (AvgIpc) is 2.91. The Balaban J connectivity index is 1.73. The van der Waals surface area contributed by atoms with Crippen LogP contribution in [-0.4, -0.2) is 9.97 Å². The summed E-state index contributed by atoms with van der Waals surface area (Å²) in [6.45, 7) is 2.09. The topological polar surface area (TPSA) is 37.8 Å². The van der Waals surface area contributed by atoms with Gasteiger partial charge in [0.05, 0.1) is 27.6 Å². The summed E-state index contributed by atoms with van der Waals surface area (Å²) in [5.41, 5.74) is 4.24. The maximum absolute atomic E-state index is 4.67. The van der Waals surface area contributed by atoms with Crippen LogP contribution in [0.15, 0.2) is 54.7 Å². The molecule has 4 rings (SSSR count). The zero-order valence-electron chi connectivity index (χ0n) is 11.5. The molecule has 2 aromatic carbocycles. The smallest absolute Gasteiger partial charge is 0.188 e. The van der Waals surface area contributed by atoms with E-state index in [2.05, 4.69) is 52.5 Å². The van der Waals surface area contributed by atoms with Crippen molar-refractivity contribution in [1.29, 1.82) is 0 Å². The second-order valence-electron chi connectivity index (χ2n) is 4.98. The fourth-order valence-corrected chi connectivity index (χ4v) is 3.37. The van der Waals surface area contributed by atoms with E-state index in [1.807, 2.05) is 24.4 Å². The second kappa shape index (κ2) is 4.82. The summed E-state index contributed by atoms with van der Waals surface area (Å²) in [5.74, 6) is 0. The number of anilines is 2. The Kier molecular flexibility index (Phi) is 2.82. The molecule has 21 heavy (non-hydrogen) atoms. The highest BCUT2D eigenvalue weighted by atomic mass is 32.1. The molecule has 0 saturated heterocycles. The van der Waals surface area contributed by atoms with E-state index in [4.69, 9.17) is 0 Å². The highest BCUT2D eigenvalue weighted by molar-refractivity contribution is 7.22. The predicted molar refractivity (Wildman–Crippen MR) is 89.4 cm³/mol. The van der Waals surface area contributed by atoms with Crippen molar-refractivity contribution in [3.8, 4) is 0 Å². The number of nitrogens with zero attached hydrogens (tertiary/aromatic N) is 2. The molecule has 102 valence electrons. The molecule has 4 heteroatoms.